The number of hydrogen-bond acceptors (Lipinski definition) is 4. The van der Waals surface area contributed by atoms with Gasteiger partial charge >= 0.3 is 6.18 Å². The highest BCUT2D eigenvalue weighted by atomic mass is 32.2. The van der Waals surface area contributed by atoms with Crippen molar-refractivity contribution in [2.75, 3.05) is 4.72 Å². The van der Waals surface area contributed by atoms with Crippen LogP contribution < -0.4 is 4.72 Å². The summed E-state index contributed by atoms with van der Waals surface area (Å²) in [4.78, 5) is 9.09. The minimum Gasteiger partial charge on any atom is -0.324 e. The number of hydrogen-bond donors (Lipinski definition) is 1. The lowest BCUT2D eigenvalue weighted by molar-refractivity contribution is -0.137. The van der Waals surface area contributed by atoms with Gasteiger partial charge < -0.3 is 4.72 Å². The number of aromatic nitrogens is 2. The Morgan fingerprint density at radius 2 is 1.75 bits per heavy atom. The number of fused-ring (bicyclic) bond motifs is 1. The summed E-state index contributed by atoms with van der Waals surface area (Å²) in [6.07, 6.45) is 0.823. The Morgan fingerprint density at radius 1 is 0.893 bits per heavy atom. The van der Waals surface area contributed by atoms with Gasteiger partial charge in [0.05, 0.1) is 16.8 Å². The fraction of sp³-hybridized carbons (Fsp3) is 0.0476. The van der Waals surface area contributed by atoms with Crippen molar-refractivity contribution < 1.29 is 13.2 Å². The molecule has 0 saturated heterocycles. The maximum atomic E-state index is 12.9. The second-order valence-electron chi connectivity index (χ2n) is 6.03. The van der Waals surface area contributed by atoms with Crippen molar-refractivity contribution in [3.8, 4) is 11.1 Å². The molecule has 0 fully saturated rings. The number of halogens is 3. The van der Waals surface area contributed by atoms with E-state index in [-0.39, 0.29) is 0 Å². The predicted octanol–water partition coefficient (Wildman–Crippen LogP) is 6.43. The molecule has 0 unspecified atom stereocenters. The Hall–Kier alpha value is -3.06. The highest BCUT2D eigenvalue weighted by molar-refractivity contribution is 8.00. The number of benzene rings is 2. The number of rotatable bonds is 4. The summed E-state index contributed by atoms with van der Waals surface area (Å²) in [5.74, 6) is 0. The van der Waals surface area contributed by atoms with Gasteiger partial charge in [-0.25, -0.2) is 0 Å². The molecule has 0 amide bonds. The van der Waals surface area contributed by atoms with E-state index in [1.54, 1.807) is 24.7 Å². The fourth-order valence-corrected chi connectivity index (χ4v) is 3.60. The molecule has 2 aromatic carbocycles. The smallest absolute Gasteiger partial charge is 0.324 e. The molecule has 0 aliphatic carbocycles. The standard InChI is InChI=1S/C21H14F3N3S/c22-21(23,24)15-5-1-6-16(12-15)28-27-19-9-8-17(14-4-2-10-25-13-14)18-7-3-11-26-20(18)19/h1-13,27H. The van der Waals surface area contributed by atoms with Crippen molar-refractivity contribution in [2.24, 2.45) is 0 Å². The monoisotopic (exact) mass is 397 g/mol. The summed E-state index contributed by atoms with van der Waals surface area (Å²) in [6, 6.07) is 16.7. The van der Waals surface area contributed by atoms with Gasteiger partial charge in [-0.3, -0.25) is 9.97 Å². The number of pyridine rings is 2. The average molecular weight is 397 g/mol. The van der Waals surface area contributed by atoms with Crippen LogP contribution in [0.1, 0.15) is 5.56 Å². The minimum absolute atomic E-state index is 0.468. The molecule has 2 heterocycles. The summed E-state index contributed by atoms with van der Waals surface area (Å²) >= 11 is 1.12. The maximum absolute atomic E-state index is 12.9. The Bertz CT molecular complexity index is 1110. The van der Waals surface area contributed by atoms with Gasteiger partial charge in [0.1, 0.15) is 0 Å². The summed E-state index contributed by atoms with van der Waals surface area (Å²) in [5.41, 5.74) is 2.76. The largest absolute Gasteiger partial charge is 0.416 e. The lowest BCUT2D eigenvalue weighted by Gasteiger charge is -2.13. The van der Waals surface area contributed by atoms with Gasteiger partial charge in [-0.15, -0.1) is 0 Å². The van der Waals surface area contributed by atoms with Crippen molar-refractivity contribution in [3.63, 3.8) is 0 Å². The van der Waals surface area contributed by atoms with Crippen LogP contribution in [0.2, 0.25) is 0 Å². The van der Waals surface area contributed by atoms with Crippen molar-refractivity contribution >= 4 is 28.5 Å². The van der Waals surface area contributed by atoms with E-state index < -0.39 is 11.7 Å². The SMILES string of the molecule is FC(F)(F)c1cccc(SNc2ccc(-c3cccnc3)c3cccnc23)c1. The molecule has 0 radical (unpaired) electrons. The van der Waals surface area contributed by atoms with Gasteiger partial charge in [0.2, 0.25) is 0 Å². The molecule has 2 aromatic heterocycles. The fourth-order valence-electron chi connectivity index (χ4n) is 2.88. The lowest BCUT2D eigenvalue weighted by Crippen LogP contribution is -2.04. The van der Waals surface area contributed by atoms with Crippen molar-refractivity contribution in [1.82, 2.24) is 9.97 Å². The summed E-state index contributed by atoms with van der Waals surface area (Å²) in [7, 11) is 0. The minimum atomic E-state index is -4.36. The van der Waals surface area contributed by atoms with E-state index >= 15 is 0 Å². The molecule has 4 rings (SSSR count). The molecule has 0 aliphatic heterocycles. The lowest BCUT2D eigenvalue weighted by atomic mass is 10.0. The third-order valence-electron chi connectivity index (χ3n) is 4.18. The average Bonchev–Trinajstić information content (AvgIpc) is 2.72. The van der Waals surface area contributed by atoms with Crippen molar-refractivity contribution in [2.45, 2.75) is 11.1 Å². The number of nitrogens with zero attached hydrogens (tertiary/aromatic N) is 2. The third-order valence-corrected chi connectivity index (χ3v) is 4.99. The molecule has 0 bridgehead atoms. The molecule has 140 valence electrons. The first kappa shape index (κ1) is 18.3. The molecule has 0 spiro atoms. The molecule has 0 saturated carbocycles. The highest BCUT2D eigenvalue weighted by Gasteiger charge is 2.30. The van der Waals surface area contributed by atoms with E-state index in [2.05, 4.69) is 14.7 Å². The third kappa shape index (κ3) is 3.80. The molecular formula is C21H14F3N3S. The van der Waals surface area contributed by atoms with Gasteiger partial charge in [-0.05, 0) is 53.9 Å². The van der Waals surface area contributed by atoms with Crippen LogP contribution in [0.5, 0.6) is 0 Å². The van der Waals surface area contributed by atoms with Crippen molar-refractivity contribution in [1.29, 1.82) is 0 Å². The summed E-state index contributed by atoms with van der Waals surface area (Å²) in [5, 5.41) is 0.935. The Kier molecular flexibility index (Phi) is 4.92. The van der Waals surface area contributed by atoms with Gasteiger partial charge in [-0.1, -0.05) is 24.3 Å². The Balaban J connectivity index is 1.66. The number of alkyl halides is 3. The molecule has 0 aliphatic rings. The quantitative estimate of drug-likeness (QED) is 0.403. The summed E-state index contributed by atoms with van der Waals surface area (Å²) in [6.45, 7) is 0. The first-order chi connectivity index (χ1) is 13.5. The molecule has 28 heavy (non-hydrogen) atoms. The van der Waals surface area contributed by atoms with Crippen LogP contribution in [-0.2, 0) is 6.18 Å². The number of nitrogens with one attached hydrogen (secondary N) is 1. The van der Waals surface area contributed by atoms with Gasteiger partial charge in [-0.2, -0.15) is 13.2 Å². The molecule has 3 nitrogen and oxygen atoms in total. The first-order valence-electron chi connectivity index (χ1n) is 8.40. The molecular weight excluding hydrogens is 383 g/mol. The maximum Gasteiger partial charge on any atom is 0.416 e. The Labute approximate surface area is 163 Å². The van der Waals surface area contributed by atoms with E-state index in [9.17, 15) is 13.2 Å². The van der Waals surface area contributed by atoms with Crippen LogP contribution in [0.3, 0.4) is 0 Å². The number of anilines is 1. The molecule has 7 heteroatoms. The van der Waals surface area contributed by atoms with Crippen LogP contribution in [0.25, 0.3) is 22.0 Å². The second-order valence-corrected chi connectivity index (χ2v) is 6.91. The zero-order valence-corrected chi connectivity index (χ0v) is 15.3. The van der Waals surface area contributed by atoms with Crippen LogP contribution in [-0.4, -0.2) is 9.97 Å². The van der Waals surface area contributed by atoms with Crippen LogP contribution in [0.4, 0.5) is 18.9 Å². The normalized spacial score (nSPS) is 11.5. The van der Waals surface area contributed by atoms with Crippen molar-refractivity contribution in [3.05, 3.63) is 84.8 Å². The van der Waals surface area contributed by atoms with Gasteiger partial charge in [0.25, 0.3) is 0 Å². The van der Waals surface area contributed by atoms with E-state index in [1.165, 1.54) is 6.07 Å². The second kappa shape index (κ2) is 7.52. The van der Waals surface area contributed by atoms with Gasteiger partial charge in [0, 0.05) is 34.4 Å². The van der Waals surface area contributed by atoms with E-state index in [0.717, 1.165) is 51.8 Å². The van der Waals surface area contributed by atoms with Crippen LogP contribution in [0.15, 0.2) is 84.1 Å². The molecule has 0 atom stereocenters. The zero-order valence-electron chi connectivity index (χ0n) is 14.4. The summed E-state index contributed by atoms with van der Waals surface area (Å²) < 4.78 is 41.8. The van der Waals surface area contributed by atoms with E-state index in [0.29, 0.717) is 4.90 Å². The molecule has 1 N–H and O–H groups in total. The van der Waals surface area contributed by atoms with E-state index in [1.807, 2.05) is 36.4 Å². The first-order valence-corrected chi connectivity index (χ1v) is 9.22. The Morgan fingerprint density at radius 3 is 2.54 bits per heavy atom. The predicted molar refractivity (Wildman–Crippen MR) is 106 cm³/mol. The van der Waals surface area contributed by atoms with Crippen LogP contribution in [0, 0.1) is 0 Å². The topological polar surface area (TPSA) is 37.8 Å². The molecule has 4 aromatic rings. The van der Waals surface area contributed by atoms with Crippen LogP contribution >= 0.6 is 11.9 Å². The zero-order chi connectivity index (χ0) is 19.6. The highest BCUT2D eigenvalue weighted by Crippen LogP contribution is 2.35. The van der Waals surface area contributed by atoms with E-state index in [4.69, 9.17) is 0 Å². The van der Waals surface area contributed by atoms with Gasteiger partial charge in [0.15, 0.2) is 0 Å².